The molecular formula is C16H18N2O5. The van der Waals surface area contributed by atoms with Gasteiger partial charge in [0.15, 0.2) is 11.5 Å². The number of nitrogens with one attached hydrogen (secondary N) is 1. The molecule has 0 saturated heterocycles. The number of phenols is 3. The maximum absolute atomic E-state index is 10.6. The van der Waals surface area contributed by atoms with E-state index in [1.165, 1.54) is 19.1 Å². The van der Waals surface area contributed by atoms with Gasteiger partial charge in [-0.2, -0.15) is 0 Å². The number of phenolic OH excluding ortho intramolecular Hbond substituents is 3. The Balaban J connectivity index is 0.000000231. The molecule has 7 heteroatoms. The first-order valence-electron chi connectivity index (χ1n) is 6.51. The Hall–Kier alpha value is -3.22. The van der Waals surface area contributed by atoms with Crippen LogP contribution < -0.4 is 10.5 Å². The molecule has 6 N–H and O–H groups in total. The standard InChI is InChI=1S/C8H9NO3.C8H9NO2/c1-4(9)5-2-3-6(10)8(12)7(5)11;1-11-7-4-2-6(3-5-7)8(9)10/h2-3,9-12H,1H3;2-5H,1H3,(H2,9,10). The van der Waals surface area contributed by atoms with Gasteiger partial charge in [-0.1, -0.05) is 0 Å². The molecule has 0 aromatic heterocycles. The van der Waals surface area contributed by atoms with Crippen molar-refractivity contribution < 1.29 is 24.9 Å². The second-order valence-corrected chi connectivity index (χ2v) is 4.55. The first-order valence-corrected chi connectivity index (χ1v) is 6.51. The molecule has 2 aromatic rings. The van der Waals surface area contributed by atoms with Gasteiger partial charge in [0.1, 0.15) is 5.75 Å². The average molecular weight is 318 g/mol. The van der Waals surface area contributed by atoms with Crippen molar-refractivity contribution in [1.82, 2.24) is 0 Å². The third-order valence-electron chi connectivity index (χ3n) is 2.91. The van der Waals surface area contributed by atoms with Crippen molar-refractivity contribution >= 4 is 11.6 Å². The SMILES string of the molecule is CC(=N)c1ccc(O)c(O)c1O.COc1ccc(C(N)=O)cc1. The topological polar surface area (TPSA) is 137 Å². The summed E-state index contributed by atoms with van der Waals surface area (Å²) in [6.07, 6.45) is 0. The Labute approximate surface area is 133 Å². The minimum absolute atomic E-state index is 0.128. The highest BCUT2D eigenvalue weighted by Crippen LogP contribution is 2.36. The molecule has 2 rings (SSSR count). The smallest absolute Gasteiger partial charge is 0.248 e. The maximum atomic E-state index is 10.6. The molecule has 0 saturated carbocycles. The molecule has 0 fully saturated rings. The van der Waals surface area contributed by atoms with Crippen LogP contribution in [0.3, 0.4) is 0 Å². The molecule has 0 spiro atoms. The number of nitrogens with two attached hydrogens (primary N) is 1. The van der Waals surface area contributed by atoms with Crippen LogP contribution in [0.5, 0.6) is 23.0 Å². The summed E-state index contributed by atoms with van der Waals surface area (Å²) in [4.78, 5) is 10.6. The highest BCUT2D eigenvalue weighted by Gasteiger charge is 2.11. The number of rotatable bonds is 3. The third kappa shape index (κ3) is 4.63. The first-order chi connectivity index (χ1) is 10.8. The lowest BCUT2D eigenvalue weighted by Gasteiger charge is -2.05. The number of hydrogen-bond donors (Lipinski definition) is 5. The van der Waals surface area contributed by atoms with Crippen LogP contribution >= 0.6 is 0 Å². The Bertz CT molecular complexity index is 711. The number of primary amides is 1. The van der Waals surface area contributed by atoms with Crippen LogP contribution in [0.25, 0.3) is 0 Å². The molecule has 23 heavy (non-hydrogen) atoms. The number of carbonyl (C=O) groups excluding carboxylic acids is 1. The van der Waals surface area contributed by atoms with Crippen LogP contribution in [0.4, 0.5) is 0 Å². The van der Waals surface area contributed by atoms with Gasteiger partial charge in [-0.3, -0.25) is 4.79 Å². The summed E-state index contributed by atoms with van der Waals surface area (Å²) >= 11 is 0. The first kappa shape index (κ1) is 17.8. The predicted octanol–water partition coefficient (Wildman–Crippen LogP) is 1.99. The summed E-state index contributed by atoms with van der Waals surface area (Å²) in [5, 5.41) is 34.4. The molecule has 1 amide bonds. The van der Waals surface area contributed by atoms with Crippen LogP contribution in [0.2, 0.25) is 0 Å². The molecule has 0 heterocycles. The van der Waals surface area contributed by atoms with Crippen LogP contribution in [0.15, 0.2) is 36.4 Å². The van der Waals surface area contributed by atoms with Gasteiger partial charge >= 0.3 is 0 Å². The number of ether oxygens (including phenoxy) is 1. The van der Waals surface area contributed by atoms with E-state index >= 15 is 0 Å². The van der Waals surface area contributed by atoms with Crippen LogP contribution in [-0.4, -0.2) is 34.0 Å². The second-order valence-electron chi connectivity index (χ2n) is 4.55. The van der Waals surface area contributed by atoms with Gasteiger partial charge in [-0.25, -0.2) is 0 Å². The van der Waals surface area contributed by atoms with Gasteiger partial charge in [0.25, 0.3) is 0 Å². The zero-order valence-corrected chi connectivity index (χ0v) is 12.7. The largest absolute Gasteiger partial charge is 0.504 e. The number of benzene rings is 2. The normalized spacial score (nSPS) is 9.48. The van der Waals surface area contributed by atoms with Gasteiger partial charge in [-0.15, -0.1) is 0 Å². The van der Waals surface area contributed by atoms with E-state index in [1.54, 1.807) is 31.4 Å². The van der Waals surface area contributed by atoms with Crippen LogP contribution in [-0.2, 0) is 0 Å². The molecular weight excluding hydrogens is 300 g/mol. The molecule has 0 bridgehead atoms. The van der Waals surface area contributed by atoms with E-state index < -0.39 is 23.2 Å². The van der Waals surface area contributed by atoms with Crippen molar-refractivity contribution in [2.24, 2.45) is 5.73 Å². The minimum Gasteiger partial charge on any atom is -0.504 e. The highest BCUT2D eigenvalue weighted by atomic mass is 16.5. The lowest BCUT2D eigenvalue weighted by molar-refractivity contribution is 0.1000. The zero-order chi connectivity index (χ0) is 17.6. The fraction of sp³-hybridized carbons (Fsp3) is 0.125. The van der Waals surface area contributed by atoms with Gasteiger partial charge < -0.3 is 31.2 Å². The number of amides is 1. The van der Waals surface area contributed by atoms with E-state index in [4.69, 9.17) is 26.1 Å². The molecule has 0 aliphatic rings. The summed E-state index contributed by atoms with van der Waals surface area (Å²) in [7, 11) is 1.57. The van der Waals surface area contributed by atoms with Crippen molar-refractivity contribution in [1.29, 1.82) is 5.41 Å². The summed E-state index contributed by atoms with van der Waals surface area (Å²) < 4.78 is 4.90. The van der Waals surface area contributed by atoms with Gasteiger partial charge in [0.05, 0.1) is 7.11 Å². The number of hydrogen-bond acceptors (Lipinski definition) is 6. The third-order valence-corrected chi connectivity index (χ3v) is 2.91. The summed E-state index contributed by atoms with van der Waals surface area (Å²) in [6.45, 7) is 1.48. The zero-order valence-electron chi connectivity index (χ0n) is 12.7. The summed E-state index contributed by atoms with van der Waals surface area (Å²) in [5.74, 6) is -1.14. The van der Waals surface area contributed by atoms with E-state index in [-0.39, 0.29) is 11.3 Å². The fourth-order valence-electron chi connectivity index (χ4n) is 1.63. The fourth-order valence-corrected chi connectivity index (χ4v) is 1.63. The lowest BCUT2D eigenvalue weighted by atomic mass is 10.1. The van der Waals surface area contributed by atoms with E-state index in [2.05, 4.69) is 0 Å². The van der Waals surface area contributed by atoms with Gasteiger partial charge in [0, 0.05) is 16.8 Å². The molecule has 0 atom stereocenters. The lowest BCUT2D eigenvalue weighted by Crippen LogP contribution is -2.10. The Morgan fingerprint density at radius 1 is 1.04 bits per heavy atom. The van der Waals surface area contributed by atoms with Crippen molar-refractivity contribution in [3.8, 4) is 23.0 Å². The van der Waals surface area contributed by atoms with Gasteiger partial charge in [0.2, 0.25) is 11.7 Å². The number of aromatic hydroxyl groups is 3. The Morgan fingerprint density at radius 3 is 2.04 bits per heavy atom. The Morgan fingerprint density at radius 2 is 1.61 bits per heavy atom. The average Bonchev–Trinajstić information content (AvgIpc) is 2.53. The Kier molecular flexibility index (Phi) is 5.96. The summed E-state index contributed by atoms with van der Waals surface area (Å²) in [6, 6.07) is 9.23. The number of methoxy groups -OCH3 is 1. The highest BCUT2D eigenvalue weighted by molar-refractivity contribution is 5.99. The minimum atomic E-state index is -0.584. The van der Waals surface area contributed by atoms with Gasteiger partial charge in [-0.05, 0) is 43.3 Å². The molecule has 0 unspecified atom stereocenters. The van der Waals surface area contributed by atoms with Crippen molar-refractivity contribution in [3.63, 3.8) is 0 Å². The molecule has 0 aliphatic carbocycles. The molecule has 2 aromatic carbocycles. The quantitative estimate of drug-likeness (QED) is 0.435. The number of carbonyl (C=O) groups is 1. The molecule has 7 nitrogen and oxygen atoms in total. The van der Waals surface area contributed by atoms with Crippen molar-refractivity contribution in [2.75, 3.05) is 7.11 Å². The van der Waals surface area contributed by atoms with E-state index in [9.17, 15) is 9.90 Å². The van der Waals surface area contributed by atoms with Crippen molar-refractivity contribution in [2.45, 2.75) is 6.92 Å². The van der Waals surface area contributed by atoms with E-state index in [0.717, 1.165) is 5.75 Å². The van der Waals surface area contributed by atoms with Crippen LogP contribution in [0.1, 0.15) is 22.8 Å². The van der Waals surface area contributed by atoms with Crippen LogP contribution in [0, 0.1) is 5.41 Å². The maximum Gasteiger partial charge on any atom is 0.248 e. The predicted molar refractivity (Wildman–Crippen MR) is 85.5 cm³/mol. The van der Waals surface area contributed by atoms with E-state index in [1.807, 2.05) is 0 Å². The van der Waals surface area contributed by atoms with Crippen molar-refractivity contribution in [3.05, 3.63) is 47.5 Å². The van der Waals surface area contributed by atoms with E-state index in [0.29, 0.717) is 5.56 Å². The monoisotopic (exact) mass is 318 g/mol. The summed E-state index contributed by atoms with van der Waals surface area (Å²) in [5.41, 5.74) is 5.86. The molecule has 122 valence electrons. The second kappa shape index (κ2) is 7.69. The molecule has 0 radical (unpaired) electrons. The molecule has 0 aliphatic heterocycles.